The topological polar surface area (TPSA) is 122 Å². The molecular formula is C37H38FN5O5S. The van der Waals surface area contributed by atoms with E-state index in [-0.39, 0.29) is 24.8 Å². The van der Waals surface area contributed by atoms with Gasteiger partial charge in [-0.1, -0.05) is 72.7 Å². The maximum atomic E-state index is 14.4. The maximum absolute atomic E-state index is 14.4. The van der Waals surface area contributed by atoms with Crippen molar-refractivity contribution in [3.8, 4) is 10.9 Å². The molecule has 3 aliphatic rings. The normalized spacial score (nSPS) is 26.3. The van der Waals surface area contributed by atoms with Crippen LogP contribution in [0, 0.1) is 11.7 Å². The third kappa shape index (κ3) is 7.39. The minimum absolute atomic E-state index is 0.147. The predicted molar refractivity (Wildman–Crippen MR) is 184 cm³/mol. The molecule has 3 heterocycles. The number of carbonyl (C=O) groups excluding carboxylic acids is 3. The third-order valence-corrected chi connectivity index (χ3v) is 10.3. The fourth-order valence-electron chi connectivity index (χ4n) is 6.67. The van der Waals surface area contributed by atoms with Crippen molar-refractivity contribution < 1.29 is 28.3 Å². The van der Waals surface area contributed by atoms with Crippen molar-refractivity contribution in [1.82, 2.24) is 20.7 Å². The average Bonchev–Trinajstić information content (AvgIpc) is 3.41. The van der Waals surface area contributed by atoms with E-state index in [1.165, 1.54) is 23.5 Å². The summed E-state index contributed by atoms with van der Waals surface area (Å²) in [6.45, 7) is 0.147. The van der Waals surface area contributed by atoms with Gasteiger partial charge in [-0.2, -0.15) is 5.48 Å². The van der Waals surface area contributed by atoms with Crippen molar-refractivity contribution in [2.45, 2.75) is 68.7 Å². The summed E-state index contributed by atoms with van der Waals surface area (Å²) in [6, 6.07) is 21.0. The molecule has 1 aromatic heterocycles. The molecule has 10 nitrogen and oxygen atoms in total. The SMILES string of the molecule is O=C1N[C@]2(C(=O)NOc3ccccc3)C[C@@H]2/C=C\CCCCC[C@H](Nc2cccc(F)c2)C(=O)N2C[C@H](Oc3nc4ccccc4s3)C[C@@H]12. The first-order valence-corrected chi connectivity index (χ1v) is 17.6. The number of allylic oxidation sites excluding steroid dienone is 1. The van der Waals surface area contributed by atoms with Gasteiger partial charge < -0.3 is 25.1 Å². The Bertz CT molecular complexity index is 1820. The number of aromatic nitrogens is 1. The molecule has 254 valence electrons. The van der Waals surface area contributed by atoms with Gasteiger partial charge in [0, 0.05) is 18.0 Å². The van der Waals surface area contributed by atoms with E-state index in [0.717, 1.165) is 35.9 Å². The van der Waals surface area contributed by atoms with E-state index in [0.29, 0.717) is 29.5 Å². The highest BCUT2D eigenvalue weighted by Crippen LogP contribution is 2.45. The van der Waals surface area contributed by atoms with Gasteiger partial charge in [-0.25, -0.2) is 9.37 Å². The largest absolute Gasteiger partial charge is 0.465 e. The van der Waals surface area contributed by atoms with Gasteiger partial charge in [-0.15, -0.1) is 0 Å². The van der Waals surface area contributed by atoms with Crippen LogP contribution < -0.4 is 25.7 Å². The van der Waals surface area contributed by atoms with Crippen LogP contribution in [0.2, 0.25) is 0 Å². The van der Waals surface area contributed by atoms with Gasteiger partial charge in [-0.05, 0) is 68.1 Å². The van der Waals surface area contributed by atoms with Crippen LogP contribution in [-0.2, 0) is 14.4 Å². The van der Waals surface area contributed by atoms with Gasteiger partial charge in [0.25, 0.3) is 11.1 Å². The van der Waals surface area contributed by atoms with Crippen LogP contribution in [0.5, 0.6) is 10.9 Å². The number of nitrogens with zero attached hydrogens (tertiary/aromatic N) is 2. The van der Waals surface area contributed by atoms with Crippen LogP contribution in [0.15, 0.2) is 91.0 Å². The summed E-state index contributed by atoms with van der Waals surface area (Å²) in [5.74, 6) is -1.39. The molecule has 1 saturated carbocycles. The average molecular weight is 684 g/mol. The van der Waals surface area contributed by atoms with E-state index >= 15 is 0 Å². The zero-order chi connectivity index (χ0) is 33.8. The van der Waals surface area contributed by atoms with Crippen LogP contribution >= 0.6 is 11.3 Å². The molecule has 0 bridgehead atoms. The number of nitrogens with one attached hydrogen (secondary N) is 3. The second-order valence-corrected chi connectivity index (χ2v) is 13.8. The molecule has 0 radical (unpaired) electrons. The summed E-state index contributed by atoms with van der Waals surface area (Å²) in [5, 5.41) is 6.72. The van der Waals surface area contributed by atoms with E-state index in [1.807, 2.05) is 36.4 Å². The number of hydrogen-bond acceptors (Lipinski definition) is 8. The number of carbonyl (C=O) groups is 3. The number of amides is 3. The molecule has 1 aliphatic carbocycles. The lowest BCUT2D eigenvalue weighted by Gasteiger charge is -2.30. The minimum Gasteiger partial charge on any atom is -0.465 e. The zero-order valence-corrected chi connectivity index (χ0v) is 27.7. The Balaban J connectivity index is 1.16. The second-order valence-electron chi connectivity index (χ2n) is 12.8. The number of hydroxylamine groups is 1. The Kier molecular flexibility index (Phi) is 9.47. The summed E-state index contributed by atoms with van der Waals surface area (Å²) in [5.41, 5.74) is 2.59. The van der Waals surface area contributed by atoms with Crippen molar-refractivity contribution in [2.24, 2.45) is 5.92 Å². The molecule has 3 amide bonds. The van der Waals surface area contributed by atoms with Gasteiger partial charge in [0.1, 0.15) is 29.5 Å². The summed E-state index contributed by atoms with van der Waals surface area (Å²) in [7, 11) is 0. The molecule has 2 fully saturated rings. The predicted octanol–water partition coefficient (Wildman–Crippen LogP) is 5.77. The Labute approximate surface area is 287 Å². The van der Waals surface area contributed by atoms with Gasteiger partial charge in [-0.3, -0.25) is 14.4 Å². The molecule has 3 N–H and O–H groups in total. The quantitative estimate of drug-likeness (QED) is 0.167. The highest BCUT2D eigenvalue weighted by Gasteiger charge is 2.61. The van der Waals surface area contributed by atoms with Gasteiger partial charge >= 0.3 is 0 Å². The van der Waals surface area contributed by atoms with Crippen LogP contribution in [0.3, 0.4) is 0 Å². The van der Waals surface area contributed by atoms with E-state index < -0.39 is 41.4 Å². The molecule has 4 aromatic rings. The number of para-hydroxylation sites is 2. The van der Waals surface area contributed by atoms with Crippen molar-refractivity contribution in [2.75, 3.05) is 11.9 Å². The first-order chi connectivity index (χ1) is 23.9. The summed E-state index contributed by atoms with van der Waals surface area (Å²) < 4.78 is 21.4. The number of hydrogen-bond donors (Lipinski definition) is 3. The number of fused-ring (bicyclic) bond motifs is 3. The Morgan fingerprint density at radius 3 is 2.69 bits per heavy atom. The molecule has 1 saturated heterocycles. The first-order valence-electron chi connectivity index (χ1n) is 16.7. The number of rotatable bonds is 7. The molecule has 7 rings (SSSR count). The number of ether oxygens (including phenoxy) is 1. The van der Waals surface area contributed by atoms with Crippen molar-refractivity contribution in [1.29, 1.82) is 0 Å². The number of thiazole rings is 1. The molecule has 49 heavy (non-hydrogen) atoms. The van der Waals surface area contributed by atoms with Crippen LogP contribution in [-0.4, -0.2) is 57.9 Å². The minimum atomic E-state index is -1.23. The van der Waals surface area contributed by atoms with Gasteiger partial charge in [0.15, 0.2) is 5.75 Å². The summed E-state index contributed by atoms with van der Waals surface area (Å²) in [6.07, 6.45) is 7.98. The Morgan fingerprint density at radius 2 is 1.86 bits per heavy atom. The van der Waals surface area contributed by atoms with Crippen LogP contribution in [0.4, 0.5) is 10.1 Å². The monoisotopic (exact) mass is 683 g/mol. The number of anilines is 1. The highest BCUT2D eigenvalue weighted by molar-refractivity contribution is 7.20. The lowest BCUT2D eigenvalue weighted by atomic mass is 10.0. The Hall–Kier alpha value is -4.97. The summed E-state index contributed by atoms with van der Waals surface area (Å²) in [4.78, 5) is 54.1. The molecular weight excluding hydrogens is 646 g/mol. The van der Waals surface area contributed by atoms with Gasteiger partial charge in [0.05, 0.1) is 16.8 Å². The molecule has 0 unspecified atom stereocenters. The fourth-order valence-corrected chi connectivity index (χ4v) is 7.55. The second kappa shape index (κ2) is 14.3. The Morgan fingerprint density at radius 1 is 1.02 bits per heavy atom. The van der Waals surface area contributed by atoms with E-state index in [9.17, 15) is 18.8 Å². The molecule has 0 spiro atoms. The van der Waals surface area contributed by atoms with Crippen LogP contribution in [0.25, 0.3) is 10.2 Å². The third-order valence-electron chi connectivity index (χ3n) is 9.36. The van der Waals surface area contributed by atoms with E-state index in [2.05, 4.69) is 27.2 Å². The highest BCUT2D eigenvalue weighted by atomic mass is 32.1. The smallest absolute Gasteiger partial charge is 0.278 e. The van der Waals surface area contributed by atoms with Gasteiger partial charge in [0.2, 0.25) is 11.8 Å². The summed E-state index contributed by atoms with van der Waals surface area (Å²) >= 11 is 1.40. The lowest BCUT2D eigenvalue weighted by molar-refractivity contribution is -0.141. The number of halogens is 1. The van der Waals surface area contributed by atoms with E-state index in [1.54, 1.807) is 41.3 Å². The van der Waals surface area contributed by atoms with Crippen LogP contribution in [0.1, 0.15) is 44.9 Å². The maximum Gasteiger partial charge on any atom is 0.278 e. The van der Waals surface area contributed by atoms with Crippen molar-refractivity contribution in [3.05, 3.63) is 96.8 Å². The first kappa shape index (κ1) is 32.6. The molecule has 2 aliphatic heterocycles. The fraction of sp³-hybridized carbons (Fsp3) is 0.351. The lowest BCUT2D eigenvalue weighted by Crippen LogP contribution is -2.57. The number of benzene rings is 3. The molecule has 12 heteroatoms. The molecule has 5 atom stereocenters. The standard InChI is InChI=1S/C37H38FN5O5S/c38-25-13-11-14-26(20-25)39-30-18-8-3-1-2-5-12-24-22-37(24,35(46)42-48-27-15-6-4-7-16-27)41-33(44)31-21-28(23-43(31)34(30)45)47-36-40-29-17-9-10-19-32(29)49-36/h4-7,9-17,19-20,24,28,30-31,39H,1-3,8,18,21-23H2,(H,41,44)(H,42,46)/b12-5-/t24-,28+,30-,31-,37+/m0/s1. The van der Waals surface area contributed by atoms with Crippen molar-refractivity contribution >= 4 is 45.0 Å². The van der Waals surface area contributed by atoms with Crippen molar-refractivity contribution in [3.63, 3.8) is 0 Å². The zero-order valence-electron chi connectivity index (χ0n) is 26.8. The molecule has 3 aromatic carbocycles. The van der Waals surface area contributed by atoms with E-state index in [4.69, 9.17) is 9.57 Å².